The molecule has 5 N–H and O–H groups in total. The van der Waals surface area contributed by atoms with Crippen LogP contribution in [0.4, 0.5) is 0 Å². The molecule has 0 bridgehead atoms. The maximum absolute atomic E-state index is 11.2. The lowest BCUT2D eigenvalue weighted by Crippen LogP contribution is -2.66. The fourth-order valence-corrected chi connectivity index (χ4v) is 3.44. The molecule has 16 nitrogen and oxygen atoms in total. The quantitative estimate of drug-likeness (QED) is 0.219. The number of hydrogen-bond acceptors (Lipinski definition) is 12. The molecule has 27 heavy (non-hydrogen) atoms. The Morgan fingerprint density at radius 2 is 1.44 bits per heavy atom. The minimum Gasteiger partial charge on any atom is -0.366 e. The number of carbonyl (C=O) groups excluding carboxylic acids is 1. The second kappa shape index (κ2) is 8.57. The highest BCUT2D eigenvalue weighted by Crippen LogP contribution is 2.27. The molecule has 0 saturated carbocycles. The van der Waals surface area contributed by atoms with Crippen LogP contribution >= 0.6 is 0 Å². The van der Waals surface area contributed by atoms with Crippen molar-refractivity contribution in [1.29, 1.82) is 0 Å². The Bertz CT molecular complexity index is 847. The third-order valence-corrected chi connectivity index (χ3v) is 4.25. The van der Waals surface area contributed by atoms with Crippen molar-refractivity contribution in [3.05, 3.63) is 0 Å². The van der Waals surface area contributed by atoms with Gasteiger partial charge in [-0.3, -0.25) is 18.5 Å². The van der Waals surface area contributed by atoms with Crippen LogP contribution < -0.4 is 5.32 Å². The van der Waals surface area contributed by atoms with E-state index in [1.165, 1.54) is 0 Å². The van der Waals surface area contributed by atoms with E-state index >= 15 is 0 Å². The Kier molecular flexibility index (Phi) is 7.63. The van der Waals surface area contributed by atoms with Gasteiger partial charge in [0, 0.05) is 6.92 Å². The number of ether oxygens (including phenoxy) is 1. The van der Waals surface area contributed by atoms with E-state index in [4.69, 9.17) is 18.4 Å². The summed E-state index contributed by atoms with van der Waals surface area (Å²) in [6.07, 6.45) is -8.70. The highest BCUT2D eigenvalue weighted by Gasteiger charge is 2.51. The smallest absolute Gasteiger partial charge is 0.366 e. The van der Waals surface area contributed by atoms with E-state index < -0.39 is 74.4 Å². The number of hydrogen-bond donors (Lipinski definition) is 5. The van der Waals surface area contributed by atoms with E-state index in [9.17, 15) is 35.2 Å². The standard InChI is InChI=1S/C8H15NO15S3/c1-3(10)9-5-7(24-27(18,19)20)6(23-26(15,16)17)4(22-8(5)11)2-21-25(12,13)14/h4-8,11H,2H2,1H3,(H,9,10)(H,12,13,14)(H,15,16,17)(H,18,19,20)/t4-,5-,6+,7-,8?/m1/s1. The first-order valence-corrected chi connectivity index (χ1v) is 10.6. The monoisotopic (exact) mass is 461 g/mol. The molecule has 19 heteroatoms. The molecule has 1 aliphatic heterocycles. The van der Waals surface area contributed by atoms with Gasteiger partial charge in [-0.2, -0.15) is 25.3 Å². The summed E-state index contributed by atoms with van der Waals surface area (Å²) in [5, 5.41) is 11.8. The molecule has 0 spiro atoms. The Morgan fingerprint density at radius 1 is 0.963 bits per heavy atom. The number of rotatable bonds is 8. The van der Waals surface area contributed by atoms with Crippen LogP contribution in [0.25, 0.3) is 0 Å². The van der Waals surface area contributed by atoms with E-state index in [2.05, 4.69) is 12.5 Å². The zero-order valence-electron chi connectivity index (χ0n) is 13.1. The van der Waals surface area contributed by atoms with Crippen molar-refractivity contribution in [2.24, 2.45) is 0 Å². The molecular weight excluding hydrogens is 446 g/mol. The van der Waals surface area contributed by atoms with Crippen LogP contribution in [0, 0.1) is 0 Å². The maximum Gasteiger partial charge on any atom is 0.397 e. The van der Waals surface area contributed by atoms with Gasteiger partial charge >= 0.3 is 31.2 Å². The highest BCUT2D eigenvalue weighted by atomic mass is 32.3. The average Bonchev–Trinajstić information content (AvgIpc) is 2.40. The molecule has 5 atom stereocenters. The fraction of sp³-hybridized carbons (Fsp3) is 0.875. The van der Waals surface area contributed by atoms with Crippen LogP contribution in [-0.4, -0.2) is 87.2 Å². The molecule has 1 fully saturated rings. The third kappa shape index (κ3) is 8.69. The minimum atomic E-state index is -5.37. The highest BCUT2D eigenvalue weighted by molar-refractivity contribution is 7.81. The van der Waals surface area contributed by atoms with Crippen molar-refractivity contribution in [3.63, 3.8) is 0 Å². The molecule has 1 unspecified atom stereocenters. The van der Waals surface area contributed by atoms with Crippen LogP contribution in [-0.2, 0) is 53.3 Å². The van der Waals surface area contributed by atoms with Gasteiger partial charge in [0.05, 0.1) is 6.61 Å². The molecule has 0 aromatic carbocycles. The normalized spacial score (nSPS) is 30.0. The number of aliphatic hydroxyl groups excluding tert-OH is 1. The van der Waals surface area contributed by atoms with Gasteiger partial charge < -0.3 is 15.2 Å². The van der Waals surface area contributed by atoms with Gasteiger partial charge in [-0.25, -0.2) is 12.5 Å². The van der Waals surface area contributed by atoms with E-state index in [1.807, 2.05) is 5.32 Å². The first-order valence-electron chi connectivity index (χ1n) is 6.52. The molecule has 160 valence electrons. The predicted octanol–water partition coefficient (Wildman–Crippen LogP) is -3.60. The van der Waals surface area contributed by atoms with Crippen LogP contribution in [0.15, 0.2) is 0 Å². The summed E-state index contributed by atoms with van der Waals surface area (Å²) >= 11 is 0. The summed E-state index contributed by atoms with van der Waals surface area (Å²) in [5.41, 5.74) is 0. The maximum atomic E-state index is 11.2. The Hall–Kier alpha value is -1.00. The van der Waals surface area contributed by atoms with Crippen LogP contribution in [0.2, 0.25) is 0 Å². The lowest BCUT2D eigenvalue weighted by molar-refractivity contribution is -0.242. The zero-order valence-corrected chi connectivity index (χ0v) is 15.5. The van der Waals surface area contributed by atoms with Crippen molar-refractivity contribution < 1.29 is 66.1 Å². The first kappa shape index (κ1) is 24.0. The number of aliphatic hydroxyl groups is 1. The van der Waals surface area contributed by atoms with Crippen molar-refractivity contribution in [2.45, 2.75) is 37.6 Å². The lowest BCUT2D eigenvalue weighted by Gasteiger charge is -2.42. The van der Waals surface area contributed by atoms with Gasteiger partial charge in [0.2, 0.25) is 5.91 Å². The van der Waals surface area contributed by atoms with Crippen LogP contribution in [0.1, 0.15) is 6.92 Å². The van der Waals surface area contributed by atoms with E-state index in [0.29, 0.717) is 0 Å². The van der Waals surface area contributed by atoms with Gasteiger partial charge in [0.25, 0.3) is 0 Å². The van der Waals surface area contributed by atoms with Gasteiger partial charge in [-0.15, -0.1) is 0 Å². The van der Waals surface area contributed by atoms with Gasteiger partial charge in [-0.1, -0.05) is 0 Å². The van der Waals surface area contributed by atoms with Gasteiger partial charge in [0.15, 0.2) is 6.29 Å². The molecule has 0 aromatic rings. The topological polar surface area (TPSA) is 249 Å². The predicted molar refractivity (Wildman–Crippen MR) is 78.8 cm³/mol. The van der Waals surface area contributed by atoms with Crippen molar-refractivity contribution in [3.8, 4) is 0 Å². The zero-order chi connectivity index (χ0) is 21.2. The van der Waals surface area contributed by atoms with Crippen molar-refractivity contribution >= 4 is 37.1 Å². The van der Waals surface area contributed by atoms with Gasteiger partial charge in [0.1, 0.15) is 24.4 Å². The summed E-state index contributed by atoms with van der Waals surface area (Å²) in [6.45, 7) is -0.350. The Morgan fingerprint density at radius 3 is 1.85 bits per heavy atom. The molecule has 1 heterocycles. The lowest BCUT2D eigenvalue weighted by atomic mass is 9.97. The Balaban J connectivity index is 3.34. The summed E-state index contributed by atoms with van der Waals surface area (Å²) in [4.78, 5) is 11.2. The largest absolute Gasteiger partial charge is 0.397 e. The third-order valence-electron chi connectivity index (χ3n) is 2.88. The second-order valence-corrected chi connectivity index (χ2v) is 8.17. The fourth-order valence-electron chi connectivity index (χ4n) is 2.11. The van der Waals surface area contributed by atoms with Crippen molar-refractivity contribution in [1.82, 2.24) is 5.32 Å². The first-order chi connectivity index (χ1) is 12.0. The van der Waals surface area contributed by atoms with E-state index in [1.54, 1.807) is 0 Å². The molecular formula is C8H15NO15S3. The average molecular weight is 461 g/mol. The van der Waals surface area contributed by atoms with Crippen LogP contribution in [0.5, 0.6) is 0 Å². The summed E-state index contributed by atoms with van der Waals surface area (Å²) in [5.74, 6) is -0.898. The Labute approximate surface area is 153 Å². The molecule has 0 radical (unpaired) electrons. The summed E-state index contributed by atoms with van der Waals surface area (Å²) in [6, 6.07) is -1.88. The molecule has 1 amide bonds. The molecule has 1 rings (SSSR count). The number of carbonyl (C=O) groups is 1. The summed E-state index contributed by atoms with van der Waals surface area (Å²) in [7, 11) is -15.8. The number of amides is 1. The minimum absolute atomic E-state index is 0.898. The molecule has 1 aliphatic rings. The molecule has 0 aromatic heterocycles. The number of nitrogens with one attached hydrogen (secondary N) is 1. The van der Waals surface area contributed by atoms with E-state index in [0.717, 1.165) is 6.92 Å². The SMILES string of the molecule is CC(=O)N[C@H]1C(O)O[C@H](COS(=O)(=O)O)[C@H](OS(=O)(=O)O)[C@@H]1OS(=O)(=O)O. The van der Waals surface area contributed by atoms with Crippen molar-refractivity contribution in [2.75, 3.05) is 6.61 Å². The summed E-state index contributed by atoms with van der Waals surface area (Å²) < 4.78 is 109. The van der Waals surface area contributed by atoms with Crippen LogP contribution in [0.3, 0.4) is 0 Å². The van der Waals surface area contributed by atoms with Gasteiger partial charge in [-0.05, 0) is 0 Å². The second-order valence-electron chi connectivity index (χ2n) is 4.98. The molecule has 1 saturated heterocycles. The molecule has 0 aliphatic carbocycles. The van der Waals surface area contributed by atoms with E-state index in [-0.39, 0.29) is 0 Å².